The standard InChI is InChI=1S/C18H30N2/c1-14(2)18(13-20(3)4)19-17-12-8-6-10-15-9-5-7-11-16(15)17/h5,7,9,11,14,17-19H,6,8,10,12-13H2,1-4H3. The van der Waals surface area contributed by atoms with Crippen molar-refractivity contribution in [2.24, 2.45) is 5.92 Å². The highest BCUT2D eigenvalue weighted by Crippen LogP contribution is 2.29. The van der Waals surface area contributed by atoms with Crippen molar-refractivity contribution in [1.82, 2.24) is 10.2 Å². The summed E-state index contributed by atoms with van der Waals surface area (Å²) in [5.41, 5.74) is 3.09. The molecule has 1 N–H and O–H groups in total. The Bertz CT molecular complexity index is 412. The van der Waals surface area contributed by atoms with Gasteiger partial charge in [0.15, 0.2) is 0 Å². The summed E-state index contributed by atoms with van der Waals surface area (Å²) < 4.78 is 0. The molecule has 2 heteroatoms. The molecule has 0 heterocycles. The quantitative estimate of drug-likeness (QED) is 0.825. The Hall–Kier alpha value is -0.860. The molecule has 2 atom stereocenters. The van der Waals surface area contributed by atoms with E-state index >= 15 is 0 Å². The molecule has 20 heavy (non-hydrogen) atoms. The van der Waals surface area contributed by atoms with Crippen LogP contribution in [0.1, 0.15) is 50.3 Å². The van der Waals surface area contributed by atoms with Crippen molar-refractivity contribution in [3.05, 3.63) is 35.4 Å². The molecule has 0 aliphatic heterocycles. The third-order valence-corrected chi connectivity index (χ3v) is 4.40. The number of nitrogens with one attached hydrogen (secondary N) is 1. The lowest BCUT2D eigenvalue weighted by atomic mass is 9.96. The van der Waals surface area contributed by atoms with Gasteiger partial charge in [-0.05, 0) is 50.4 Å². The number of hydrogen-bond donors (Lipinski definition) is 1. The van der Waals surface area contributed by atoms with Crippen LogP contribution in [0, 0.1) is 5.92 Å². The smallest absolute Gasteiger partial charge is 0.0326 e. The minimum Gasteiger partial charge on any atom is -0.308 e. The summed E-state index contributed by atoms with van der Waals surface area (Å²) in [5.74, 6) is 0.660. The van der Waals surface area contributed by atoms with E-state index < -0.39 is 0 Å². The molecule has 2 nitrogen and oxygen atoms in total. The number of likely N-dealkylation sites (N-methyl/N-ethyl adjacent to an activating group) is 1. The summed E-state index contributed by atoms with van der Waals surface area (Å²) >= 11 is 0. The number of aryl methyl sites for hydroxylation is 1. The van der Waals surface area contributed by atoms with Crippen LogP contribution in [-0.2, 0) is 6.42 Å². The molecule has 0 spiro atoms. The van der Waals surface area contributed by atoms with Gasteiger partial charge in [-0.2, -0.15) is 0 Å². The number of hydrogen-bond acceptors (Lipinski definition) is 2. The average molecular weight is 274 g/mol. The van der Waals surface area contributed by atoms with Crippen LogP contribution >= 0.6 is 0 Å². The second kappa shape index (κ2) is 7.24. The summed E-state index contributed by atoms with van der Waals surface area (Å²) in [6, 6.07) is 10.1. The zero-order chi connectivity index (χ0) is 14.5. The van der Waals surface area contributed by atoms with Crippen LogP contribution in [0.25, 0.3) is 0 Å². The van der Waals surface area contributed by atoms with E-state index in [1.54, 1.807) is 5.56 Å². The molecule has 0 fully saturated rings. The third-order valence-electron chi connectivity index (χ3n) is 4.40. The predicted octanol–water partition coefficient (Wildman–Crippen LogP) is 3.63. The number of nitrogens with zero attached hydrogens (tertiary/aromatic N) is 1. The fraction of sp³-hybridized carbons (Fsp3) is 0.667. The first kappa shape index (κ1) is 15.5. The molecule has 0 aromatic heterocycles. The summed E-state index contributed by atoms with van der Waals surface area (Å²) in [6.07, 6.45) is 5.18. The van der Waals surface area contributed by atoms with Crippen molar-refractivity contribution in [1.29, 1.82) is 0 Å². The van der Waals surface area contributed by atoms with E-state index in [9.17, 15) is 0 Å². The molecule has 1 aliphatic rings. The molecule has 2 unspecified atom stereocenters. The molecule has 0 radical (unpaired) electrons. The summed E-state index contributed by atoms with van der Waals surface area (Å²) in [4.78, 5) is 2.29. The van der Waals surface area contributed by atoms with Crippen molar-refractivity contribution in [2.45, 2.75) is 51.6 Å². The second-order valence-electron chi connectivity index (χ2n) is 6.78. The maximum atomic E-state index is 3.94. The largest absolute Gasteiger partial charge is 0.308 e. The number of benzene rings is 1. The van der Waals surface area contributed by atoms with Gasteiger partial charge in [0.25, 0.3) is 0 Å². The van der Waals surface area contributed by atoms with Crippen molar-refractivity contribution in [2.75, 3.05) is 20.6 Å². The summed E-state index contributed by atoms with van der Waals surface area (Å²) in [5, 5.41) is 3.94. The molecule has 0 amide bonds. The Labute approximate surface area is 124 Å². The highest BCUT2D eigenvalue weighted by atomic mass is 15.1. The van der Waals surface area contributed by atoms with Crippen molar-refractivity contribution < 1.29 is 0 Å². The Balaban J connectivity index is 2.14. The van der Waals surface area contributed by atoms with Crippen LogP contribution in [-0.4, -0.2) is 31.6 Å². The average Bonchev–Trinajstić information content (AvgIpc) is 2.60. The number of fused-ring (bicyclic) bond motifs is 1. The van der Waals surface area contributed by atoms with Crippen LogP contribution in [0.5, 0.6) is 0 Å². The minimum atomic E-state index is 0.529. The first-order valence-corrected chi connectivity index (χ1v) is 8.06. The Morgan fingerprint density at radius 3 is 2.65 bits per heavy atom. The molecule has 0 saturated heterocycles. The van der Waals surface area contributed by atoms with Gasteiger partial charge in [-0.25, -0.2) is 0 Å². The van der Waals surface area contributed by atoms with Crippen molar-refractivity contribution in [3.63, 3.8) is 0 Å². The topological polar surface area (TPSA) is 15.3 Å². The summed E-state index contributed by atoms with van der Waals surface area (Å²) in [6.45, 7) is 5.75. The third kappa shape index (κ3) is 4.07. The van der Waals surface area contributed by atoms with Gasteiger partial charge < -0.3 is 10.2 Å². The first-order valence-electron chi connectivity index (χ1n) is 8.06. The molecule has 112 valence electrons. The Morgan fingerprint density at radius 1 is 1.20 bits per heavy atom. The minimum absolute atomic E-state index is 0.529. The highest BCUT2D eigenvalue weighted by molar-refractivity contribution is 5.31. The van der Waals surface area contributed by atoms with E-state index in [4.69, 9.17) is 0 Å². The normalized spacial score (nSPS) is 20.8. The molecule has 1 aromatic carbocycles. The predicted molar refractivity (Wildman–Crippen MR) is 87.1 cm³/mol. The van der Waals surface area contributed by atoms with Crippen LogP contribution in [0.4, 0.5) is 0 Å². The Kier molecular flexibility index (Phi) is 5.62. The molecule has 0 bridgehead atoms. The Morgan fingerprint density at radius 2 is 1.95 bits per heavy atom. The van der Waals surface area contributed by atoms with Crippen molar-refractivity contribution >= 4 is 0 Å². The van der Waals surface area contributed by atoms with Gasteiger partial charge in [-0.3, -0.25) is 0 Å². The van der Waals surface area contributed by atoms with Gasteiger partial charge in [0.2, 0.25) is 0 Å². The summed E-state index contributed by atoms with van der Waals surface area (Å²) in [7, 11) is 4.33. The maximum absolute atomic E-state index is 3.94. The van der Waals surface area contributed by atoms with Gasteiger partial charge in [-0.1, -0.05) is 44.5 Å². The maximum Gasteiger partial charge on any atom is 0.0326 e. The first-order chi connectivity index (χ1) is 9.58. The SMILES string of the molecule is CC(C)C(CN(C)C)NC1CCCCc2ccccc21. The van der Waals surface area contributed by atoms with E-state index in [2.05, 4.69) is 62.4 Å². The monoisotopic (exact) mass is 274 g/mol. The van der Waals surface area contributed by atoms with Crippen LogP contribution in [0.15, 0.2) is 24.3 Å². The van der Waals surface area contributed by atoms with Gasteiger partial charge in [0.05, 0.1) is 0 Å². The lowest BCUT2D eigenvalue weighted by molar-refractivity contribution is 0.264. The lowest BCUT2D eigenvalue weighted by Gasteiger charge is -2.31. The van der Waals surface area contributed by atoms with Gasteiger partial charge in [0.1, 0.15) is 0 Å². The molecular weight excluding hydrogens is 244 g/mol. The van der Waals surface area contributed by atoms with E-state index in [0.717, 1.165) is 6.54 Å². The van der Waals surface area contributed by atoms with Gasteiger partial charge in [-0.15, -0.1) is 0 Å². The van der Waals surface area contributed by atoms with Crippen LogP contribution in [0.3, 0.4) is 0 Å². The second-order valence-corrected chi connectivity index (χ2v) is 6.78. The van der Waals surface area contributed by atoms with Crippen molar-refractivity contribution in [3.8, 4) is 0 Å². The van der Waals surface area contributed by atoms with E-state index in [0.29, 0.717) is 18.0 Å². The van der Waals surface area contributed by atoms with E-state index in [-0.39, 0.29) is 0 Å². The van der Waals surface area contributed by atoms with Gasteiger partial charge >= 0.3 is 0 Å². The fourth-order valence-electron chi connectivity index (χ4n) is 3.20. The zero-order valence-corrected chi connectivity index (χ0v) is 13.5. The fourth-order valence-corrected chi connectivity index (χ4v) is 3.20. The van der Waals surface area contributed by atoms with Gasteiger partial charge in [0, 0.05) is 18.6 Å². The highest BCUT2D eigenvalue weighted by Gasteiger charge is 2.23. The van der Waals surface area contributed by atoms with Crippen LogP contribution in [0.2, 0.25) is 0 Å². The molecule has 2 rings (SSSR count). The number of rotatable bonds is 5. The molecular formula is C18H30N2. The molecule has 0 saturated carbocycles. The molecule has 1 aliphatic carbocycles. The van der Waals surface area contributed by atoms with Crippen LogP contribution < -0.4 is 5.32 Å². The lowest BCUT2D eigenvalue weighted by Crippen LogP contribution is -2.43. The van der Waals surface area contributed by atoms with E-state index in [1.165, 1.54) is 31.2 Å². The molecule has 1 aromatic rings. The van der Waals surface area contributed by atoms with E-state index in [1.807, 2.05) is 0 Å². The zero-order valence-electron chi connectivity index (χ0n) is 13.5.